The predicted octanol–water partition coefficient (Wildman–Crippen LogP) is 2.63. The van der Waals surface area contributed by atoms with Crippen molar-refractivity contribution in [3.63, 3.8) is 0 Å². The Morgan fingerprint density at radius 1 is 1.04 bits per heavy atom. The van der Waals surface area contributed by atoms with Gasteiger partial charge in [0.2, 0.25) is 5.88 Å². The molecule has 0 N–H and O–H groups in total. The van der Waals surface area contributed by atoms with Gasteiger partial charge in [0.15, 0.2) is 6.61 Å². The molecule has 1 aromatic heterocycles. The van der Waals surface area contributed by atoms with Gasteiger partial charge in [-0.3, -0.25) is 4.79 Å². The van der Waals surface area contributed by atoms with Gasteiger partial charge in [-0.2, -0.15) is 5.10 Å². The van der Waals surface area contributed by atoms with Gasteiger partial charge in [0, 0.05) is 32.0 Å². The topological polar surface area (TPSA) is 73.8 Å². The zero-order valence-electron chi connectivity index (χ0n) is 15.8. The number of benzene rings is 1. The fourth-order valence-electron chi connectivity index (χ4n) is 2.88. The minimum absolute atomic E-state index is 0.0162. The second-order valence-corrected chi connectivity index (χ2v) is 6.40. The number of carbonyl (C=O) groups excluding carboxylic acids is 1. The van der Waals surface area contributed by atoms with Crippen LogP contribution in [0.2, 0.25) is 0 Å². The number of aromatic nitrogens is 2. The molecule has 2 aromatic rings. The zero-order chi connectivity index (χ0) is 19.1. The van der Waals surface area contributed by atoms with Crippen LogP contribution in [0, 0.1) is 6.92 Å². The summed E-state index contributed by atoms with van der Waals surface area (Å²) >= 11 is 0. The summed E-state index contributed by atoms with van der Waals surface area (Å²) in [4.78, 5) is 14.2. The van der Waals surface area contributed by atoms with E-state index in [1.807, 2.05) is 43.0 Å². The number of hydrogen-bond acceptors (Lipinski definition) is 6. The van der Waals surface area contributed by atoms with E-state index in [0.717, 1.165) is 24.3 Å². The number of ether oxygens (including phenoxy) is 3. The first-order chi connectivity index (χ1) is 13.1. The van der Waals surface area contributed by atoms with E-state index in [2.05, 4.69) is 10.2 Å². The molecular weight excluding hydrogens is 346 g/mol. The molecule has 1 fully saturated rings. The Hall–Kier alpha value is -2.83. The van der Waals surface area contributed by atoms with Gasteiger partial charge in [0.25, 0.3) is 5.91 Å². The highest BCUT2D eigenvalue weighted by Crippen LogP contribution is 2.19. The van der Waals surface area contributed by atoms with Gasteiger partial charge in [-0.1, -0.05) is 0 Å². The van der Waals surface area contributed by atoms with Crippen LogP contribution in [-0.2, 0) is 4.79 Å². The van der Waals surface area contributed by atoms with E-state index in [1.165, 1.54) is 0 Å². The van der Waals surface area contributed by atoms with Crippen LogP contribution in [0.4, 0.5) is 0 Å². The number of likely N-dealkylation sites (tertiary alicyclic amines) is 1. The lowest BCUT2D eigenvalue weighted by atomic mass is 10.1. The Morgan fingerprint density at radius 3 is 2.30 bits per heavy atom. The average Bonchev–Trinajstić information content (AvgIpc) is 2.70. The Morgan fingerprint density at radius 2 is 1.70 bits per heavy atom. The van der Waals surface area contributed by atoms with Gasteiger partial charge in [0.1, 0.15) is 17.6 Å². The van der Waals surface area contributed by atoms with Crippen molar-refractivity contribution in [1.82, 2.24) is 15.1 Å². The summed E-state index contributed by atoms with van der Waals surface area (Å²) in [6, 6.07) is 11.0. The van der Waals surface area contributed by atoms with Crippen LogP contribution < -0.4 is 14.2 Å². The molecule has 1 aromatic carbocycles. The summed E-state index contributed by atoms with van der Waals surface area (Å²) in [6.07, 6.45) is 1.59. The Bertz CT molecular complexity index is 726. The van der Waals surface area contributed by atoms with E-state index in [-0.39, 0.29) is 18.6 Å². The molecule has 7 nitrogen and oxygen atoms in total. The molecule has 0 radical (unpaired) electrons. The molecule has 0 aliphatic carbocycles. The summed E-state index contributed by atoms with van der Waals surface area (Å²) in [5.41, 5.74) is 0.857. The Kier molecular flexibility index (Phi) is 6.46. The van der Waals surface area contributed by atoms with Crippen molar-refractivity contribution in [2.75, 3.05) is 26.3 Å². The maximum absolute atomic E-state index is 12.4. The van der Waals surface area contributed by atoms with Crippen LogP contribution in [-0.4, -0.2) is 53.4 Å². The summed E-state index contributed by atoms with van der Waals surface area (Å²) in [7, 11) is 0. The number of rotatable bonds is 7. The standard InChI is InChI=1S/C20H25N3O4/c1-3-25-16-5-7-17(8-6-16)26-14-20(24)23-12-10-18(11-13-23)27-19-9-4-15(2)21-22-19/h4-9,18H,3,10-14H2,1-2H3. The highest BCUT2D eigenvalue weighted by atomic mass is 16.5. The maximum Gasteiger partial charge on any atom is 0.260 e. The molecule has 0 atom stereocenters. The second kappa shape index (κ2) is 9.21. The molecule has 7 heteroatoms. The van der Waals surface area contributed by atoms with Crippen molar-refractivity contribution < 1.29 is 19.0 Å². The maximum atomic E-state index is 12.4. The Labute approximate surface area is 159 Å². The molecule has 0 bridgehead atoms. The van der Waals surface area contributed by atoms with E-state index in [4.69, 9.17) is 14.2 Å². The zero-order valence-corrected chi connectivity index (χ0v) is 15.8. The van der Waals surface area contributed by atoms with E-state index in [0.29, 0.717) is 31.3 Å². The summed E-state index contributed by atoms with van der Waals surface area (Å²) in [6.45, 7) is 5.77. The predicted molar refractivity (Wildman–Crippen MR) is 100 cm³/mol. The lowest BCUT2D eigenvalue weighted by molar-refractivity contribution is -0.135. The fourth-order valence-corrected chi connectivity index (χ4v) is 2.88. The Balaban J connectivity index is 1.40. The number of aryl methyl sites for hydroxylation is 1. The van der Waals surface area contributed by atoms with Gasteiger partial charge in [-0.05, 0) is 44.2 Å². The van der Waals surface area contributed by atoms with E-state index >= 15 is 0 Å². The van der Waals surface area contributed by atoms with Crippen molar-refractivity contribution in [1.29, 1.82) is 0 Å². The largest absolute Gasteiger partial charge is 0.494 e. The van der Waals surface area contributed by atoms with Gasteiger partial charge >= 0.3 is 0 Å². The molecule has 0 saturated carbocycles. The molecule has 1 saturated heterocycles. The smallest absolute Gasteiger partial charge is 0.260 e. The molecule has 0 unspecified atom stereocenters. The summed E-state index contributed by atoms with van der Waals surface area (Å²) in [5.74, 6) is 1.96. The first-order valence-corrected chi connectivity index (χ1v) is 9.24. The first kappa shape index (κ1) is 18.9. The minimum atomic E-state index is -0.0162. The second-order valence-electron chi connectivity index (χ2n) is 6.40. The minimum Gasteiger partial charge on any atom is -0.494 e. The van der Waals surface area contributed by atoms with Crippen LogP contribution in [0.3, 0.4) is 0 Å². The van der Waals surface area contributed by atoms with Crippen LogP contribution in [0.5, 0.6) is 17.4 Å². The van der Waals surface area contributed by atoms with Crippen LogP contribution in [0.15, 0.2) is 36.4 Å². The third kappa shape index (κ3) is 5.57. The van der Waals surface area contributed by atoms with Crippen molar-refractivity contribution >= 4 is 5.91 Å². The van der Waals surface area contributed by atoms with Gasteiger partial charge in [-0.15, -0.1) is 5.10 Å². The summed E-state index contributed by atoms with van der Waals surface area (Å²) in [5, 5.41) is 8.02. The number of piperidine rings is 1. The normalized spacial score (nSPS) is 14.7. The van der Waals surface area contributed by atoms with Crippen molar-refractivity contribution in [3.8, 4) is 17.4 Å². The molecule has 144 valence electrons. The molecule has 1 aliphatic heterocycles. The van der Waals surface area contributed by atoms with E-state index in [9.17, 15) is 4.79 Å². The molecule has 1 aliphatic rings. The fraction of sp³-hybridized carbons (Fsp3) is 0.450. The van der Waals surface area contributed by atoms with Crippen molar-refractivity contribution in [3.05, 3.63) is 42.1 Å². The molecule has 0 spiro atoms. The molecule has 2 heterocycles. The van der Waals surface area contributed by atoms with Crippen LogP contribution in [0.1, 0.15) is 25.5 Å². The van der Waals surface area contributed by atoms with Crippen LogP contribution >= 0.6 is 0 Å². The van der Waals surface area contributed by atoms with E-state index in [1.54, 1.807) is 12.1 Å². The third-order valence-corrected chi connectivity index (χ3v) is 4.35. The molecule has 3 rings (SSSR count). The lowest BCUT2D eigenvalue weighted by Crippen LogP contribution is -2.43. The van der Waals surface area contributed by atoms with Gasteiger partial charge < -0.3 is 19.1 Å². The van der Waals surface area contributed by atoms with Gasteiger partial charge in [0.05, 0.1) is 12.3 Å². The quantitative estimate of drug-likeness (QED) is 0.745. The number of carbonyl (C=O) groups is 1. The molecular formula is C20H25N3O4. The first-order valence-electron chi connectivity index (χ1n) is 9.24. The third-order valence-electron chi connectivity index (χ3n) is 4.35. The van der Waals surface area contributed by atoms with Gasteiger partial charge in [-0.25, -0.2) is 0 Å². The molecule has 27 heavy (non-hydrogen) atoms. The highest BCUT2D eigenvalue weighted by Gasteiger charge is 2.24. The lowest BCUT2D eigenvalue weighted by Gasteiger charge is -2.31. The number of amides is 1. The average molecular weight is 371 g/mol. The number of nitrogens with zero attached hydrogens (tertiary/aromatic N) is 3. The van der Waals surface area contributed by atoms with Crippen molar-refractivity contribution in [2.24, 2.45) is 0 Å². The van der Waals surface area contributed by atoms with Crippen molar-refractivity contribution in [2.45, 2.75) is 32.8 Å². The highest BCUT2D eigenvalue weighted by molar-refractivity contribution is 5.77. The number of hydrogen-bond donors (Lipinski definition) is 0. The summed E-state index contributed by atoms with van der Waals surface area (Å²) < 4.78 is 16.8. The molecule has 1 amide bonds. The monoisotopic (exact) mass is 371 g/mol. The SMILES string of the molecule is CCOc1ccc(OCC(=O)N2CCC(Oc3ccc(C)nn3)CC2)cc1. The van der Waals surface area contributed by atoms with Crippen LogP contribution in [0.25, 0.3) is 0 Å². The van der Waals surface area contributed by atoms with E-state index < -0.39 is 0 Å².